The van der Waals surface area contributed by atoms with E-state index in [-0.39, 0.29) is 0 Å². The van der Waals surface area contributed by atoms with Gasteiger partial charge in [-0.15, -0.1) is 0 Å². The van der Waals surface area contributed by atoms with Crippen LogP contribution in [-0.2, 0) is 0 Å². The lowest BCUT2D eigenvalue weighted by Crippen LogP contribution is -2.18. The van der Waals surface area contributed by atoms with E-state index in [0.717, 1.165) is 29.4 Å². The molecule has 0 fully saturated rings. The molecule has 0 aliphatic heterocycles. The first-order chi connectivity index (χ1) is 13.0. The second-order valence-electron chi connectivity index (χ2n) is 6.24. The van der Waals surface area contributed by atoms with Gasteiger partial charge in [0.1, 0.15) is 11.6 Å². The Hall–Kier alpha value is -2.79. The standard InChI is InChI=1S/C21H23ClN4O/c1-5-26(17-8-6-7-14(2)11-17)20-12-15(3)23-21(25-20)24-18-13-16(22)9-10-19(18)27-4/h6-13H,5H2,1-4H3,(H,23,24,25). The summed E-state index contributed by atoms with van der Waals surface area (Å²) >= 11 is 6.13. The molecule has 0 aliphatic carbocycles. The number of anilines is 4. The summed E-state index contributed by atoms with van der Waals surface area (Å²) in [5, 5.41) is 3.84. The van der Waals surface area contributed by atoms with E-state index in [1.807, 2.05) is 19.1 Å². The summed E-state index contributed by atoms with van der Waals surface area (Å²) < 4.78 is 5.40. The summed E-state index contributed by atoms with van der Waals surface area (Å²) in [5.41, 5.74) is 3.90. The van der Waals surface area contributed by atoms with E-state index in [9.17, 15) is 0 Å². The smallest absolute Gasteiger partial charge is 0.229 e. The molecule has 3 aromatic rings. The van der Waals surface area contributed by atoms with Crippen LogP contribution in [0.2, 0.25) is 5.02 Å². The van der Waals surface area contributed by atoms with E-state index in [1.54, 1.807) is 19.2 Å². The molecule has 3 rings (SSSR count). The fourth-order valence-electron chi connectivity index (χ4n) is 2.92. The normalized spacial score (nSPS) is 10.6. The van der Waals surface area contributed by atoms with Crippen LogP contribution in [0.5, 0.6) is 5.75 Å². The van der Waals surface area contributed by atoms with Crippen LogP contribution in [0.4, 0.5) is 23.1 Å². The van der Waals surface area contributed by atoms with E-state index in [1.165, 1.54) is 5.56 Å². The number of methoxy groups -OCH3 is 1. The largest absolute Gasteiger partial charge is 0.495 e. The van der Waals surface area contributed by atoms with Crippen molar-refractivity contribution in [3.05, 3.63) is 64.8 Å². The Labute approximate surface area is 165 Å². The molecule has 0 amide bonds. The first-order valence-corrected chi connectivity index (χ1v) is 9.18. The quantitative estimate of drug-likeness (QED) is 0.596. The molecule has 2 aromatic carbocycles. The number of halogens is 1. The number of rotatable bonds is 6. The van der Waals surface area contributed by atoms with Crippen molar-refractivity contribution in [3.63, 3.8) is 0 Å². The second-order valence-corrected chi connectivity index (χ2v) is 6.68. The Morgan fingerprint density at radius 2 is 1.89 bits per heavy atom. The summed E-state index contributed by atoms with van der Waals surface area (Å²) in [6, 6.07) is 15.7. The SMILES string of the molecule is CCN(c1cccc(C)c1)c1cc(C)nc(Nc2cc(Cl)ccc2OC)n1. The Morgan fingerprint density at radius 3 is 2.59 bits per heavy atom. The second kappa shape index (κ2) is 8.27. The predicted molar refractivity (Wildman–Crippen MR) is 112 cm³/mol. The minimum absolute atomic E-state index is 0.497. The van der Waals surface area contributed by atoms with Crippen LogP contribution < -0.4 is 15.0 Å². The number of nitrogens with zero attached hydrogens (tertiary/aromatic N) is 3. The summed E-state index contributed by atoms with van der Waals surface area (Å²) in [4.78, 5) is 11.4. The maximum atomic E-state index is 6.13. The number of nitrogens with one attached hydrogen (secondary N) is 1. The molecule has 0 bridgehead atoms. The van der Waals surface area contributed by atoms with Crippen molar-refractivity contribution in [2.45, 2.75) is 20.8 Å². The molecule has 5 nitrogen and oxygen atoms in total. The van der Waals surface area contributed by atoms with Gasteiger partial charge in [-0.3, -0.25) is 0 Å². The molecule has 0 atom stereocenters. The zero-order valence-corrected chi connectivity index (χ0v) is 16.7. The molecule has 0 radical (unpaired) electrons. The highest BCUT2D eigenvalue weighted by Crippen LogP contribution is 2.31. The lowest BCUT2D eigenvalue weighted by molar-refractivity contribution is 0.417. The van der Waals surface area contributed by atoms with E-state index in [0.29, 0.717) is 16.7 Å². The molecule has 27 heavy (non-hydrogen) atoms. The van der Waals surface area contributed by atoms with Crippen molar-refractivity contribution in [3.8, 4) is 5.75 Å². The molecule has 1 heterocycles. The number of ether oxygens (including phenoxy) is 1. The first kappa shape index (κ1) is 19.0. The Morgan fingerprint density at radius 1 is 1.07 bits per heavy atom. The number of aromatic nitrogens is 2. The van der Waals surface area contributed by atoms with Gasteiger partial charge < -0.3 is 15.0 Å². The van der Waals surface area contributed by atoms with Crippen LogP contribution in [0.15, 0.2) is 48.5 Å². The van der Waals surface area contributed by atoms with Gasteiger partial charge in [0.2, 0.25) is 5.95 Å². The van der Waals surface area contributed by atoms with E-state index < -0.39 is 0 Å². The zero-order chi connectivity index (χ0) is 19.4. The average molecular weight is 383 g/mol. The van der Waals surface area contributed by atoms with Gasteiger partial charge in [0, 0.05) is 29.0 Å². The Balaban J connectivity index is 1.98. The van der Waals surface area contributed by atoms with Crippen molar-refractivity contribution in [1.82, 2.24) is 9.97 Å². The minimum Gasteiger partial charge on any atom is -0.495 e. The van der Waals surface area contributed by atoms with Crippen LogP contribution in [0.1, 0.15) is 18.2 Å². The molecular weight excluding hydrogens is 360 g/mol. The molecule has 140 valence electrons. The highest BCUT2D eigenvalue weighted by atomic mass is 35.5. The third-order valence-electron chi connectivity index (χ3n) is 4.15. The van der Waals surface area contributed by atoms with E-state index in [2.05, 4.69) is 53.3 Å². The molecule has 6 heteroatoms. The fourth-order valence-corrected chi connectivity index (χ4v) is 3.09. The monoisotopic (exact) mass is 382 g/mol. The zero-order valence-electron chi connectivity index (χ0n) is 16.0. The van der Waals surface area contributed by atoms with Gasteiger partial charge >= 0.3 is 0 Å². The van der Waals surface area contributed by atoms with Gasteiger partial charge in [-0.1, -0.05) is 23.7 Å². The van der Waals surface area contributed by atoms with Crippen molar-refractivity contribution in [2.24, 2.45) is 0 Å². The van der Waals surface area contributed by atoms with Crippen LogP contribution in [0.3, 0.4) is 0 Å². The summed E-state index contributed by atoms with van der Waals surface area (Å²) in [7, 11) is 1.62. The Kier molecular flexibility index (Phi) is 5.81. The first-order valence-electron chi connectivity index (χ1n) is 8.80. The fraction of sp³-hybridized carbons (Fsp3) is 0.238. The topological polar surface area (TPSA) is 50.3 Å². The number of hydrogen-bond acceptors (Lipinski definition) is 5. The van der Waals surface area contributed by atoms with Gasteiger partial charge in [0.05, 0.1) is 12.8 Å². The van der Waals surface area contributed by atoms with Crippen LogP contribution >= 0.6 is 11.6 Å². The molecular formula is C21H23ClN4O. The molecule has 0 unspecified atom stereocenters. The number of benzene rings is 2. The van der Waals surface area contributed by atoms with E-state index in [4.69, 9.17) is 21.3 Å². The van der Waals surface area contributed by atoms with Crippen LogP contribution in [-0.4, -0.2) is 23.6 Å². The minimum atomic E-state index is 0.497. The Bertz CT molecular complexity index is 945. The lowest BCUT2D eigenvalue weighted by atomic mass is 10.2. The molecule has 1 N–H and O–H groups in total. The van der Waals surface area contributed by atoms with Gasteiger partial charge in [-0.25, -0.2) is 4.98 Å². The average Bonchev–Trinajstić information content (AvgIpc) is 2.62. The van der Waals surface area contributed by atoms with Crippen molar-refractivity contribution in [2.75, 3.05) is 23.9 Å². The van der Waals surface area contributed by atoms with Gasteiger partial charge in [0.25, 0.3) is 0 Å². The molecule has 0 saturated heterocycles. The van der Waals surface area contributed by atoms with Crippen LogP contribution in [0, 0.1) is 13.8 Å². The van der Waals surface area contributed by atoms with Crippen LogP contribution in [0.25, 0.3) is 0 Å². The lowest BCUT2D eigenvalue weighted by Gasteiger charge is -2.23. The highest BCUT2D eigenvalue weighted by molar-refractivity contribution is 6.31. The molecule has 0 spiro atoms. The van der Waals surface area contributed by atoms with Gasteiger partial charge in [-0.05, 0) is 56.7 Å². The number of hydrogen-bond donors (Lipinski definition) is 1. The summed E-state index contributed by atoms with van der Waals surface area (Å²) in [6.45, 7) is 6.93. The molecule has 0 aliphatic rings. The molecule has 0 saturated carbocycles. The maximum Gasteiger partial charge on any atom is 0.229 e. The summed E-state index contributed by atoms with van der Waals surface area (Å²) in [5.74, 6) is 2.01. The van der Waals surface area contributed by atoms with E-state index >= 15 is 0 Å². The number of aryl methyl sites for hydroxylation is 2. The van der Waals surface area contributed by atoms with Gasteiger partial charge in [0.15, 0.2) is 0 Å². The third kappa shape index (κ3) is 4.49. The van der Waals surface area contributed by atoms with Crippen molar-refractivity contribution in [1.29, 1.82) is 0 Å². The van der Waals surface area contributed by atoms with Crippen molar-refractivity contribution >= 4 is 34.7 Å². The van der Waals surface area contributed by atoms with Gasteiger partial charge in [-0.2, -0.15) is 4.98 Å². The third-order valence-corrected chi connectivity index (χ3v) is 4.39. The maximum absolute atomic E-state index is 6.13. The predicted octanol–water partition coefficient (Wildman–Crippen LogP) is 5.66. The molecule has 1 aromatic heterocycles. The van der Waals surface area contributed by atoms with Crippen molar-refractivity contribution < 1.29 is 4.74 Å². The summed E-state index contributed by atoms with van der Waals surface area (Å²) in [6.07, 6.45) is 0. The highest BCUT2D eigenvalue weighted by Gasteiger charge is 2.13.